The Morgan fingerprint density at radius 3 is 2.48 bits per heavy atom. The van der Waals surface area contributed by atoms with Gasteiger partial charge in [-0.2, -0.15) is 0 Å². The van der Waals surface area contributed by atoms with Gasteiger partial charge in [0.15, 0.2) is 6.54 Å². The maximum absolute atomic E-state index is 12.6. The number of amides is 2. The summed E-state index contributed by atoms with van der Waals surface area (Å²) in [5, 5.41) is 17.3. The van der Waals surface area contributed by atoms with Crippen LogP contribution >= 0.6 is 0 Å². The number of nitrogens with zero attached hydrogens (tertiary/aromatic N) is 2. The standard InChI is InChI=1S/C20H26N4O4.ClH/c1-23-9-11-24(2,12-10-23)13-17(25)21-16-8-7-14-5-4-6-15(18(14)19(16)26)22-20(27)28-3;/h4-8H,9-13H2,1-3H3,(H2-,21,22,25,26,27);1H. The van der Waals surface area contributed by atoms with E-state index in [4.69, 9.17) is 0 Å². The van der Waals surface area contributed by atoms with E-state index < -0.39 is 6.09 Å². The normalized spacial score (nSPS) is 16.0. The van der Waals surface area contributed by atoms with Gasteiger partial charge in [0.25, 0.3) is 5.91 Å². The van der Waals surface area contributed by atoms with Crippen molar-refractivity contribution in [2.24, 2.45) is 0 Å². The number of likely N-dealkylation sites (N-methyl/N-ethyl adjacent to an activating group) is 2. The molecule has 0 unspecified atom stereocenters. The summed E-state index contributed by atoms with van der Waals surface area (Å²) in [4.78, 5) is 26.5. The molecule has 3 rings (SSSR count). The minimum absolute atomic E-state index is 0. The number of methoxy groups -OCH3 is 1. The van der Waals surface area contributed by atoms with Crippen molar-refractivity contribution in [2.45, 2.75) is 0 Å². The third-order valence-electron chi connectivity index (χ3n) is 5.28. The van der Waals surface area contributed by atoms with Crippen molar-refractivity contribution < 1.29 is 36.3 Å². The van der Waals surface area contributed by atoms with Gasteiger partial charge in [-0.15, -0.1) is 0 Å². The van der Waals surface area contributed by atoms with Crippen molar-refractivity contribution in [2.75, 3.05) is 64.6 Å². The molecule has 1 heterocycles. The fraction of sp³-hybridized carbons (Fsp3) is 0.400. The highest BCUT2D eigenvalue weighted by Gasteiger charge is 2.30. The Hall–Kier alpha value is -2.55. The number of nitrogens with one attached hydrogen (secondary N) is 2. The van der Waals surface area contributed by atoms with Crippen LogP contribution in [-0.4, -0.2) is 80.4 Å². The summed E-state index contributed by atoms with van der Waals surface area (Å²) in [6.45, 7) is 4.05. The molecular formula is C20H27ClN4O4. The Morgan fingerprint density at radius 2 is 1.83 bits per heavy atom. The second-order valence-corrected chi connectivity index (χ2v) is 7.56. The molecule has 2 aromatic rings. The van der Waals surface area contributed by atoms with E-state index in [0.29, 0.717) is 27.8 Å². The fourth-order valence-corrected chi connectivity index (χ4v) is 3.47. The summed E-state index contributed by atoms with van der Waals surface area (Å²) in [7, 11) is 5.43. The Balaban J connectivity index is 0.00000300. The van der Waals surface area contributed by atoms with E-state index in [9.17, 15) is 14.7 Å². The van der Waals surface area contributed by atoms with Crippen molar-refractivity contribution in [3.63, 3.8) is 0 Å². The number of phenolic OH excluding ortho intramolecular Hbond substituents is 1. The topological polar surface area (TPSA) is 90.9 Å². The van der Waals surface area contributed by atoms with Gasteiger partial charge >= 0.3 is 6.09 Å². The Morgan fingerprint density at radius 1 is 1.14 bits per heavy atom. The molecule has 3 N–H and O–H groups in total. The summed E-state index contributed by atoms with van der Waals surface area (Å²) in [5.41, 5.74) is 0.730. The second kappa shape index (κ2) is 9.30. The van der Waals surface area contributed by atoms with Gasteiger partial charge in [-0.1, -0.05) is 18.2 Å². The lowest BCUT2D eigenvalue weighted by atomic mass is 10.1. The highest BCUT2D eigenvalue weighted by molar-refractivity contribution is 6.07. The molecule has 0 aromatic heterocycles. The van der Waals surface area contributed by atoms with Gasteiger partial charge in [0.05, 0.1) is 38.6 Å². The number of phenols is 1. The van der Waals surface area contributed by atoms with Crippen LogP contribution in [0.3, 0.4) is 0 Å². The maximum Gasteiger partial charge on any atom is 0.411 e. The summed E-state index contributed by atoms with van der Waals surface area (Å²) >= 11 is 0. The fourth-order valence-electron chi connectivity index (χ4n) is 3.47. The molecule has 2 aromatic carbocycles. The Bertz CT molecular complexity index is 897. The molecule has 0 radical (unpaired) electrons. The monoisotopic (exact) mass is 422 g/mol. The summed E-state index contributed by atoms with van der Waals surface area (Å²) in [6, 6.07) is 8.71. The zero-order chi connectivity index (χ0) is 20.3. The van der Waals surface area contributed by atoms with Gasteiger partial charge in [-0.25, -0.2) is 4.79 Å². The lowest BCUT2D eigenvalue weighted by Gasteiger charge is -2.40. The van der Waals surface area contributed by atoms with Gasteiger partial charge in [-0.05, 0) is 24.6 Å². The first-order valence-corrected chi connectivity index (χ1v) is 9.23. The van der Waals surface area contributed by atoms with Crippen LogP contribution < -0.4 is 23.0 Å². The summed E-state index contributed by atoms with van der Waals surface area (Å²) in [6.07, 6.45) is -0.631. The van der Waals surface area contributed by atoms with Gasteiger partial charge in [-0.3, -0.25) is 15.0 Å². The van der Waals surface area contributed by atoms with Crippen LogP contribution in [0.2, 0.25) is 0 Å². The van der Waals surface area contributed by atoms with Crippen LogP contribution in [0, 0.1) is 0 Å². The summed E-state index contributed by atoms with van der Waals surface area (Å²) < 4.78 is 5.30. The van der Waals surface area contributed by atoms with Crippen LogP contribution in [-0.2, 0) is 9.53 Å². The lowest BCUT2D eigenvalue weighted by Crippen LogP contribution is -3.00. The smallest absolute Gasteiger partial charge is 0.411 e. The first-order chi connectivity index (χ1) is 13.3. The predicted octanol–water partition coefficient (Wildman–Crippen LogP) is -0.942. The quantitative estimate of drug-likeness (QED) is 0.437. The van der Waals surface area contributed by atoms with Crippen LogP contribution in [0.1, 0.15) is 0 Å². The van der Waals surface area contributed by atoms with Crippen molar-refractivity contribution in [3.8, 4) is 5.75 Å². The van der Waals surface area contributed by atoms with Crippen molar-refractivity contribution in [1.82, 2.24) is 4.90 Å². The average Bonchev–Trinajstić information content (AvgIpc) is 2.66. The van der Waals surface area contributed by atoms with Crippen molar-refractivity contribution in [3.05, 3.63) is 30.3 Å². The number of fused-ring (bicyclic) bond motifs is 1. The molecule has 8 nitrogen and oxygen atoms in total. The van der Waals surface area contributed by atoms with Crippen LogP contribution in [0.5, 0.6) is 5.75 Å². The number of quaternary nitrogens is 1. The molecule has 2 amide bonds. The molecule has 9 heteroatoms. The van der Waals surface area contributed by atoms with E-state index in [2.05, 4.69) is 34.4 Å². The van der Waals surface area contributed by atoms with E-state index in [0.717, 1.165) is 31.6 Å². The van der Waals surface area contributed by atoms with E-state index in [-0.39, 0.29) is 24.1 Å². The van der Waals surface area contributed by atoms with Gasteiger partial charge in [0.1, 0.15) is 5.75 Å². The number of halogens is 1. The SMILES string of the molecule is COC(=O)Nc1cccc2ccc(NC(=O)C[N+]3(C)CCN(C)CC3)c(O)c12.[Cl-]. The molecule has 1 aliphatic rings. The number of hydrogen-bond acceptors (Lipinski definition) is 5. The highest BCUT2D eigenvalue weighted by Crippen LogP contribution is 2.37. The number of aromatic hydroxyl groups is 1. The van der Waals surface area contributed by atoms with Gasteiger partial charge < -0.3 is 32.1 Å². The second-order valence-electron chi connectivity index (χ2n) is 7.56. The van der Waals surface area contributed by atoms with Crippen LogP contribution in [0.15, 0.2) is 30.3 Å². The zero-order valence-corrected chi connectivity index (χ0v) is 17.6. The molecule has 29 heavy (non-hydrogen) atoms. The number of carbonyl (C=O) groups is 2. The first kappa shape index (κ1) is 22.7. The number of ether oxygens (including phenoxy) is 1. The van der Waals surface area contributed by atoms with E-state index >= 15 is 0 Å². The lowest BCUT2D eigenvalue weighted by molar-refractivity contribution is -0.905. The largest absolute Gasteiger partial charge is 1.00 e. The molecular weight excluding hydrogens is 396 g/mol. The zero-order valence-electron chi connectivity index (χ0n) is 16.9. The number of benzene rings is 2. The predicted molar refractivity (Wildman–Crippen MR) is 109 cm³/mol. The molecule has 158 valence electrons. The minimum Gasteiger partial charge on any atom is -1.00 e. The van der Waals surface area contributed by atoms with E-state index in [1.807, 2.05) is 6.07 Å². The van der Waals surface area contributed by atoms with Crippen molar-refractivity contribution >= 4 is 34.1 Å². The average molecular weight is 423 g/mol. The molecule has 1 fully saturated rings. The molecule has 0 bridgehead atoms. The highest BCUT2D eigenvalue weighted by atomic mass is 35.5. The maximum atomic E-state index is 12.6. The number of carbonyl (C=O) groups excluding carboxylic acids is 2. The molecule has 1 saturated heterocycles. The number of piperazine rings is 1. The van der Waals surface area contributed by atoms with E-state index in [1.165, 1.54) is 7.11 Å². The Kier molecular flexibility index (Phi) is 7.29. The summed E-state index contributed by atoms with van der Waals surface area (Å²) in [5.74, 6) is -0.237. The molecule has 1 aliphatic heterocycles. The number of rotatable bonds is 4. The molecule has 0 spiro atoms. The third kappa shape index (κ3) is 5.29. The first-order valence-electron chi connectivity index (χ1n) is 9.23. The molecule has 0 atom stereocenters. The number of anilines is 2. The number of hydrogen-bond donors (Lipinski definition) is 3. The minimum atomic E-state index is -0.631. The van der Waals surface area contributed by atoms with Gasteiger partial charge in [0.2, 0.25) is 0 Å². The third-order valence-corrected chi connectivity index (χ3v) is 5.28. The van der Waals surface area contributed by atoms with Gasteiger partial charge in [0, 0.05) is 18.5 Å². The van der Waals surface area contributed by atoms with Crippen LogP contribution in [0.4, 0.5) is 16.2 Å². The molecule has 0 aliphatic carbocycles. The molecule has 0 saturated carbocycles. The Labute approximate surface area is 176 Å². The van der Waals surface area contributed by atoms with Crippen LogP contribution in [0.25, 0.3) is 10.8 Å². The van der Waals surface area contributed by atoms with E-state index in [1.54, 1.807) is 24.3 Å². The van der Waals surface area contributed by atoms with Crippen molar-refractivity contribution in [1.29, 1.82) is 0 Å².